The number of likely N-dealkylation sites (N-methyl/N-ethyl adjacent to an activating group) is 1. The van der Waals surface area contributed by atoms with Crippen LogP contribution in [0.5, 0.6) is 0 Å². The SMILES string of the molecule is CC/C(=C/c1cncc2ccccc12)CNC. The van der Waals surface area contributed by atoms with E-state index in [0.717, 1.165) is 13.0 Å². The van der Waals surface area contributed by atoms with Crippen molar-refractivity contribution < 1.29 is 0 Å². The highest BCUT2D eigenvalue weighted by atomic mass is 14.8. The van der Waals surface area contributed by atoms with Gasteiger partial charge in [0.25, 0.3) is 0 Å². The van der Waals surface area contributed by atoms with E-state index in [2.05, 4.69) is 41.5 Å². The van der Waals surface area contributed by atoms with E-state index in [9.17, 15) is 0 Å². The van der Waals surface area contributed by atoms with E-state index < -0.39 is 0 Å². The molecule has 0 saturated carbocycles. The van der Waals surface area contributed by atoms with Gasteiger partial charge in [-0.1, -0.05) is 42.8 Å². The van der Waals surface area contributed by atoms with Gasteiger partial charge in [-0.15, -0.1) is 0 Å². The summed E-state index contributed by atoms with van der Waals surface area (Å²) in [7, 11) is 1.98. The molecule has 0 saturated heterocycles. The van der Waals surface area contributed by atoms with Crippen molar-refractivity contribution >= 4 is 16.8 Å². The fraction of sp³-hybridized carbons (Fsp3) is 0.267. The van der Waals surface area contributed by atoms with E-state index >= 15 is 0 Å². The van der Waals surface area contributed by atoms with Crippen molar-refractivity contribution in [2.24, 2.45) is 0 Å². The maximum atomic E-state index is 4.30. The lowest BCUT2D eigenvalue weighted by atomic mass is 10.0. The van der Waals surface area contributed by atoms with Crippen LogP contribution in [-0.4, -0.2) is 18.6 Å². The largest absolute Gasteiger partial charge is 0.316 e. The van der Waals surface area contributed by atoms with E-state index in [-0.39, 0.29) is 0 Å². The number of fused-ring (bicyclic) bond motifs is 1. The molecule has 0 amide bonds. The Morgan fingerprint density at radius 1 is 1.29 bits per heavy atom. The lowest BCUT2D eigenvalue weighted by molar-refractivity contribution is 0.851. The van der Waals surface area contributed by atoms with Crippen LogP contribution < -0.4 is 5.32 Å². The molecular weight excluding hydrogens is 208 g/mol. The summed E-state index contributed by atoms with van der Waals surface area (Å²) in [5.41, 5.74) is 2.60. The van der Waals surface area contributed by atoms with Gasteiger partial charge in [-0.25, -0.2) is 0 Å². The van der Waals surface area contributed by atoms with Crippen LogP contribution in [-0.2, 0) is 0 Å². The van der Waals surface area contributed by atoms with E-state index in [1.807, 2.05) is 25.5 Å². The predicted molar refractivity (Wildman–Crippen MR) is 73.9 cm³/mol. The van der Waals surface area contributed by atoms with Crippen molar-refractivity contribution in [2.45, 2.75) is 13.3 Å². The van der Waals surface area contributed by atoms with Crippen LogP contribution in [0, 0.1) is 0 Å². The highest BCUT2D eigenvalue weighted by Gasteiger charge is 2.00. The third-order valence-corrected chi connectivity index (χ3v) is 2.92. The number of hydrogen-bond acceptors (Lipinski definition) is 2. The molecule has 0 aliphatic heterocycles. The van der Waals surface area contributed by atoms with Crippen LogP contribution in [0.4, 0.5) is 0 Å². The zero-order chi connectivity index (χ0) is 12.1. The predicted octanol–water partition coefficient (Wildman–Crippen LogP) is 3.25. The summed E-state index contributed by atoms with van der Waals surface area (Å²) >= 11 is 0. The van der Waals surface area contributed by atoms with Gasteiger partial charge in [0.1, 0.15) is 0 Å². The molecule has 0 radical (unpaired) electrons. The second-order valence-corrected chi connectivity index (χ2v) is 4.14. The van der Waals surface area contributed by atoms with Gasteiger partial charge in [0.15, 0.2) is 0 Å². The lowest BCUT2D eigenvalue weighted by Crippen LogP contribution is -2.09. The van der Waals surface area contributed by atoms with Gasteiger partial charge in [0.2, 0.25) is 0 Å². The molecule has 1 aromatic heterocycles. The van der Waals surface area contributed by atoms with Crippen LogP contribution >= 0.6 is 0 Å². The number of rotatable bonds is 4. The van der Waals surface area contributed by atoms with Gasteiger partial charge < -0.3 is 5.32 Å². The lowest BCUT2D eigenvalue weighted by Gasteiger charge is -2.06. The summed E-state index contributed by atoms with van der Waals surface area (Å²) in [6.07, 6.45) is 7.15. The monoisotopic (exact) mass is 226 g/mol. The van der Waals surface area contributed by atoms with Gasteiger partial charge in [-0.05, 0) is 18.9 Å². The Bertz CT molecular complexity index is 524. The number of aromatic nitrogens is 1. The molecule has 1 heterocycles. The van der Waals surface area contributed by atoms with Gasteiger partial charge in [0, 0.05) is 29.9 Å². The Morgan fingerprint density at radius 3 is 2.88 bits per heavy atom. The summed E-state index contributed by atoms with van der Waals surface area (Å²) in [5, 5.41) is 5.66. The number of hydrogen-bond donors (Lipinski definition) is 1. The van der Waals surface area contributed by atoms with Crippen LogP contribution in [0.15, 0.2) is 42.2 Å². The minimum absolute atomic E-state index is 0.930. The number of nitrogens with one attached hydrogen (secondary N) is 1. The average Bonchev–Trinajstić information content (AvgIpc) is 2.38. The first-order valence-corrected chi connectivity index (χ1v) is 6.02. The smallest absolute Gasteiger partial charge is 0.0346 e. The standard InChI is InChI=1S/C15H18N2/c1-3-12(9-16-2)8-14-11-17-10-13-6-4-5-7-15(13)14/h4-8,10-11,16H,3,9H2,1-2H3/b12-8-. The maximum absolute atomic E-state index is 4.30. The minimum Gasteiger partial charge on any atom is -0.316 e. The fourth-order valence-corrected chi connectivity index (χ4v) is 1.98. The van der Waals surface area contributed by atoms with Crippen LogP contribution in [0.1, 0.15) is 18.9 Å². The third-order valence-electron chi connectivity index (χ3n) is 2.92. The normalized spacial score (nSPS) is 12.0. The average molecular weight is 226 g/mol. The molecule has 88 valence electrons. The van der Waals surface area contributed by atoms with Crippen molar-refractivity contribution in [1.82, 2.24) is 10.3 Å². The van der Waals surface area contributed by atoms with Crippen molar-refractivity contribution in [1.29, 1.82) is 0 Å². The second-order valence-electron chi connectivity index (χ2n) is 4.14. The highest BCUT2D eigenvalue weighted by molar-refractivity contribution is 5.89. The van der Waals surface area contributed by atoms with Crippen molar-refractivity contribution in [3.8, 4) is 0 Å². The topological polar surface area (TPSA) is 24.9 Å². The van der Waals surface area contributed by atoms with Crippen molar-refractivity contribution in [3.05, 3.63) is 47.8 Å². The first kappa shape index (κ1) is 11.8. The first-order valence-electron chi connectivity index (χ1n) is 6.02. The molecule has 0 spiro atoms. The molecule has 0 bridgehead atoms. The van der Waals surface area contributed by atoms with E-state index in [1.54, 1.807) is 0 Å². The Kier molecular flexibility index (Phi) is 3.89. The quantitative estimate of drug-likeness (QED) is 0.865. The highest BCUT2D eigenvalue weighted by Crippen LogP contribution is 2.20. The summed E-state index contributed by atoms with van der Waals surface area (Å²) in [6, 6.07) is 8.37. The molecule has 1 N–H and O–H groups in total. The van der Waals surface area contributed by atoms with Gasteiger partial charge in [0.05, 0.1) is 0 Å². The summed E-state index contributed by atoms with van der Waals surface area (Å²) in [5.74, 6) is 0. The Balaban J connectivity index is 2.48. The van der Waals surface area contributed by atoms with Crippen LogP contribution in [0.3, 0.4) is 0 Å². The molecule has 2 aromatic rings. The van der Waals surface area contributed by atoms with Crippen molar-refractivity contribution in [2.75, 3.05) is 13.6 Å². The molecule has 0 unspecified atom stereocenters. The molecular formula is C15H18N2. The third kappa shape index (κ3) is 2.71. The summed E-state index contributed by atoms with van der Waals surface area (Å²) in [6.45, 7) is 3.11. The van der Waals surface area contributed by atoms with Gasteiger partial charge >= 0.3 is 0 Å². The molecule has 2 nitrogen and oxygen atoms in total. The van der Waals surface area contributed by atoms with Gasteiger partial charge in [-0.2, -0.15) is 0 Å². The number of pyridine rings is 1. The Morgan fingerprint density at radius 2 is 2.12 bits per heavy atom. The van der Waals surface area contributed by atoms with E-state index in [1.165, 1.54) is 21.9 Å². The molecule has 0 aliphatic carbocycles. The van der Waals surface area contributed by atoms with Gasteiger partial charge in [-0.3, -0.25) is 4.98 Å². The zero-order valence-corrected chi connectivity index (χ0v) is 10.4. The van der Waals surface area contributed by atoms with Crippen LogP contribution in [0.2, 0.25) is 0 Å². The molecule has 0 aliphatic rings. The molecule has 0 fully saturated rings. The van der Waals surface area contributed by atoms with E-state index in [4.69, 9.17) is 0 Å². The van der Waals surface area contributed by atoms with Crippen molar-refractivity contribution in [3.63, 3.8) is 0 Å². The fourth-order valence-electron chi connectivity index (χ4n) is 1.98. The van der Waals surface area contributed by atoms with E-state index in [0.29, 0.717) is 0 Å². The molecule has 2 heteroatoms. The van der Waals surface area contributed by atoms with Crippen LogP contribution in [0.25, 0.3) is 16.8 Å². The summed E-state index contributed by atoms with van der Waals surface area (Å²) in [4.78, 5) is 4.30. The Hall–Kier alpha value is -1.67. The minimum atomic E-state index is 0.930. The first-order chi connectivity index (χ1) is 8.35. The molecule has 1 aromatic carbocycles. The maximum Gasteiger partial charge on any atom is 0.0346 e. The zero-order valence-electron chi connectivity index (χ0n) is 10.4. The molecule has 17 heavy (non-hydrogen) atoms. The molecule has 2 rings (SSSR count). The number of benzene rings is 1. The molecule has 0 atom stereocenters. The number of nitrogens with zero attached hydrogens (tertiary/aromatic N) is 1. The Labute approximate surface area is 102 Å². The second kappa shape index (κ2) is 5.60. The summed E-state index contributed by atoms with van der Waals surface area (Å²) < 4.78 is 0.